The molecule has 14 heavy (non-hydrogen) atoms. The molecule has 0 aromatic carbocycles. The Morgan fingerprint density at radius 2 is 2.36 bits per heavy atom. The molecule has 0 aliphatic heterocycles. The minimum absolute atomic E-state index is 0.0589. The first-order valence-corrected chi connectivity index (χ1v) is 5.07. The maximum atomic E-state index is 5.63. The zero-order chi connectivity index (χ0) is 9.80. The van der Waals surface area contributed by atoms with E-state index < -0.39 is 0 Å². The summed E-state index contributed by atoms with van der Waals surface area (Å²) in [5.74, 6) is 0.843. The molecule has 0 aliphatic rings. The monoisotopic (exact) mass is 210 g/mol. The molecule has 0 amide bonds. The average Bonchev–Trinajstić information content (AvgIpc) is 2.86. The van der Waals surface area contributed by atoms with Gasteiger partial charge < -0.3 is 14.6 Å². The van der Waals surface area contributed by atoms with Crippen LogP contribution in [0.15, 0.2) is 44.9 Å². The van der Waals surface area contributed by atoms with Crippen molar-refractivity contribution in [3.63, 3.8) is 0 Å². The van der Waals surface area contributed by atoms with Crippen LogP contribution in [0, 0.1) is 0 Å². The molecule has 74 valence electrons. The van der Waals surface area contributed by atoms with E-state index in [9.17, 15) is 0 Å². The molecule has 1 unspecified atom stereocenters. The largest absolute Gasteiger partial charge is 0.468 e. The van der Waals surface area contributed by atoms with Gasteiger partial charge in [-0.05, 0) is 12.1 Å². The Bertz CT molecular complexity index is 358. The van der Waals surface area contributed by atoms with Crippen LogP contribution in [0.3, 0.4) is 0 Å². The van der Waals surface area contributed by atoms with Crippen LogP contribution >= 0.6 is 11.8 Å². The molecular weight excluding hydrogens is 200 g/mol. The number of oxazole rings is 1. The molecule has 0 bridgehead atoms. The third-order valence-electron chi connectivity index (χ3n) is 1.73. The summed E-state index contributed by atoms with van der Waals surface area (Å²) in [6.07, 6.45) is 4.78. The first-order valence-electron chi connectivity index (χ1n) is 4.20. The Morgan fingerprint density at radius 1 is 1.43 bits per heavy atom. The van der Waals surface area contributed by atoms with E-state index >= 15 is 0 Å². The Hall–Kier alpha value is -1.20. The van der Waals surface area contributed by atoms with Crippen LogP contribution in [0.4, 0.5) is 0 Å². The van der Waals surface area contributed by atoms with Gasteiger partial charge in [-0.1, -0.05) is 11.8 Å². The van der Waals surface area contributed by atoms with E-state index in [1.54, 1.807) is 12.5 Å². The van der Waals surface area contributed by atoms with Crippen LogP contribution in [0.25, 0.3) is 0 Å². The van der Waals surface area contributed by atoms with Crippen LogP contribution in [0.5, 0.6) is 0 Å². The van der Waals surface area contributed by atoms with Crippen LogP contribution in [0.2, 0.25) is 0 Å². The Morgan fingerprint density at radius 3 is 2.93 bits per heavy atom. The fourth-order valence-corrected chi connectivity index (χ4v) is 1.91. The molecule has 0 spiro atoms. The molecule has 2 aromatic rings. The third-order valence-corrected chi connectivity index (χ3v) is 2.84. The molecule has 0 saturated carbocycles. The van der Waals surface area contributed by atoms with Gasteiger partial charge in [0.15, 0.2) is 0 Å². The van der Waals surface area contributed by atoms with E-state index in [1.165, 1.54) is 18.0 Å². The van der Waals surface area contributed by atoms with Crippen LogP contribution in [-0.4, -0.2) is 11.5 Å². The summed E-state index contributed by atoms with van der Waals surface area (Å²) in [7, 11) is 0. The second-order valence-corrected chi connectivity index (χ2v) is 3.81. The van der Waals surface area contributed by atoms with E-state index in [2.05, 4.69) is 4.98 Å². The van der Waals surface area contributed by atoms with Crippen molar-refractivity contribution >= 4 is 11.8 Å². The Balaban J connectivity index is 2.08. The summed E-state index contributed by atoms with van der Waals surface area (Å²) >= 11 is 1.46. The van der Waals surface area contributed by atoms with Crippen molar-refractivity contribution in [2.45, 2.75) is 10.5 Å². The highest BCUT2D eigenvalue weighted by Gasteiger charge is 2.16. The molecule has 0 aliphatic carbocycles. The molecule has 2 aromatic heterocycles. The highest BCUT2D eigenvalue weighted by molar-refractivity contribution is 7.99. The SMILES string of the molecule is NCC(Sc1ncco1)c1ccco1. The summed E-state index contributed by atoms with van der Waals surface area (Å²) in [5.41, 5.74) is 5.63. The minimum atomic E-state index is 0.0589. The van der Waals surface area contributed by atoms with E-state index in [4.69, 9.17) is 14.6 Å². The van der Waals surface area contributed by atoms with Gasteiger partial charge in [0.25, 0.3) is 5.22 Å². The summed E-state index contributed by atoms with van der Waals surface area (Å²) in [6.45, 7) is 0.487. The molecule has 0 saturated heterocycles. The molecule has 2 heterocycles. The summed E-state index contributed by atoms with van der Waals surface area (Å²) < 4.78 is 10.4. The number of thioether (sulfide) groups is 1. The number of nitrogens with zero attached hydrogens (tertiary/aromatic N) is 1. The molecule has 2 N–H and O–H groups in total. The van der Waals surface area contributed by atoms with Crippen LogP contribution < -0.4 is 5.73 Å². The lowest BCUT2D eigenvalue weighted by Crippen LogP contribution is -2.08. The van der Waals surface area contributed by atoms with E-state index in [1.807, 2.05) is 12.1 Å². The van der Waals surface area contributed by atoms with E-state index in [0.29, 0.717) is 11.8 Å². The normalized spacial score (nSPS) is 12.9. The number of aromatic nitrogens is 1. The summed E-state index contributed by atoms with van der Waals surface area (Å²) in [4.78, 5) is 4.01. The first-order chi connectivity index (χ1) is 6.90. The maximum Gasteiger partial charge on any atom is 0.256 e. The van der Waals surface area contributed by atoms with E-state index in [0.717, 1.165) is 5.76 Å². The van der Waals surface area contributed by atoms with E-state index in [-0.39, 0.29) is 5.25 Å². The van der Waals surface area contributed by atoms with Crippen LogP contribution in [-0.2, 0) is 0 Å². The second-order valence-electron chi connectivity index (χ2n) is 2.66. The van der Waals surface area contributed by atoms with Crippen LogP contribution in [0.1, 0.15) is 11.0 Å². The van der Waals surface area contributed by atoms with Gasteiger partial charge in [0.05, 0.1) is 17.7 Å². The standard InChI is InChI=1S/C9H10N2O2S/c10-6-8(7-2-1-4-12-7)14-9-11-3-5-13-9/h1-5,8H,6,10H2. The van der Waals surface area contributed by atoms with Gasteiger partial charge in [-0.25, -0.2) is 4.98 Å². The Labute approximate surface area is 85.5 Å². The molecular formula is C9H10N2O2S. The van der Waals surface area contributed by atoms with Crippen molar-refractivity contribution in [1.82, 2.24) is 4.98 Å². The summed E-state index contributed by atoms with van der Waals surface area (Å²) in [6, 6.07) is 3.74. The van der Waals surface area contributed by atoms with Gasteiger partial charge in [-0.15, -0.1) is 0 Å². The van der Waals surface area contributed by atoms with Gasteiger partial charge >= 0.3 is 0 Å². The van der Waals surface area contributed by atoms with Crippen molar-refractivity contribution < 1.29 is 8.83 Å². The first kappa shape index (κ1) is 9.36. The second kappa shape index (κ2) is 4.34. The fraction of sp³-hybridized carbons (Fsp3) is 0.222. The predicted molar refractivity (Wildman–Crippen MR) is 52.9 cm³/mol. The highest BCUT2D eigenvalue weighted by atomic mass is 32.2. The van der Waals surface area contributed by atoms with Gasteiger partial charge in [0, 0.05) is 6.54 Å². The van der Waals surface area contributed by atoms with Crippen molar-refractivity contribution in [3.8, 4) is 0 Å². The summed E-state index contributed by atoms with van der Waals surface area (Å²) in [5, 5.41) is 0.667. The molecule has 2 rings (SSSR count). The van der Waals surface area contributed by atoms with Gasteiger partial charge in [-0.3, -0.25) is 0 Å². The van der Waals surface area contributed by atoms with Crippen molar-refractivity contribution in [2.75, 3.05) is 6.54 Å². The molecule has 0 radical (unpaired) electrons. The van der Waals surface area contributed by atoms with Crippen molar-refractivity contribution in [3.05, 3.63) is 36.6 Å². The lowest BCUT2D eigenvalue weighted by molar-refractivity contribution is 0.450. The smallest absolute Gasteiger partial charge is 0.256 e. The highest BCUT2D eigenvalue weighted by Crippen LogP contribution is 2.33. The van der Waals surface area contributed by atoms with Crippen molar-refractivity contribution in [2.24, 2.45) is 5.73 Å². The lowest BCUT2D eigenvalue weighted by atomic mass is 10.3. The zero-order valence-electron chi connectivity index (χ0n) is 7.42. The number of nitrogens with two attached hydrogens (primary N) is 1. The topological polar surface area (TPSA) is 65.2 Å². The number of rotatable bonds is 4. The number of furan rings is 1. The molecule has 5 heteroatoms. The number of hydrogen-bond acceptors (Lipinski definition) is 5. The lowest BCUT2D eigenvalue weighted by Gasteiger charge is -2.07. The van der Waals surface area contributed by atoms with Gasteiger partial charge in [0.2, 0.25) is 0 Å². The molecule has 0 fully saturated rings. The van der Waals surface area contributed by atoms with Crippen molar-refractivity contribution in [1.29, 1.82) is 0 Å². The predicted octanol–water partition coefficient (Wildman–Crippen LogP) is 2.06. The average molecular weight is 210 g/mol. The zero-order valence-corrected chi connectivity index (χ0v) is 8.24. The quantitative estimate of drug-likeness (QED) is 0.782. The Kier molecular flexibility index (Phi) is 2.90. The van der Waals surface area contributed by atoms with Gasteiger partial charge in [0.1, 0.15) is 12.0 Å². The maximum absolute atomic E-state index is 5.63. The molecule has 1 atom stereocenters. The minimum Gasteiger partial charge on any atom is -0.468 e. The molecule has 4 nitrogen and oxygen atoms in total. The van der Waals surface area contributed by atoms with Gasteiger partial charge in [-0.2, -0.15) is 0 Å². The third kappa shape index (κ3) is 2.00. The number of hydrogen-bond donors (Lipinski definition) is 1. The fourth-order valence-electron chi connectivity index (χ4n) is 1.09.